The Morgan fingerprint density at radius 3 is 2.40 bits per heavy atom. The van der Waals surface area contributed by atoms with Crippen LogP contribution in [0.4, 0.5) is 5.69 Å². The fourth-order valence-corrected chi connectivity index (χ4v) is 3.79. The number of benzene rings is 2. The van der Waals surface area contributed by atoms with Crippen LogP contribution in [0, 0.1) is 13.8 Å². The van der Waals surface area contributed by atoms with Crippen molar-refractivity contribution in [3.63, 3.8) is 0 Å². The van der Waals surface area contributed by atoms with E-state index in [0.29, 0.717) is 18.0 Å². The summed E-state index contributed by atoms with van der Waals surface area (Å²) in [5, 5.41) is 2.74. The number of nitrogens with zero attached hydrogens (tertiary/aromatic N) is 1. The van der Waals surface area contributed by atoms with E-state index in [9.17, 15) is 13.2 Å². The monoisotopic (exact) mass is 425 g/mol. The zero-order chi connectivity index (χ0) is 21.6. The SMILES string of the molecule is Cc1ccc(C)c(NS(=O)(=O)c2ccc(OCC(=O)NCc3ccncc3)cc2)c1. The van der Waals surface area contributed by atoms with Crippen molar-refractivity contribution in [1.29, 1.82) is 0 Å². The predicted molar refractivity (Wildman–Crippen MR) is 115 cm³/mol. The molecule has 156 valence electrons. The number of pyridine rings is 1. The van der Waals surface area contributed by atoms with Crippen molar-refractivity contribution in [1.82, 2.24) is 10.3 Å². The number of rotatable bonds is 8. The smallest absolute Gasteiger partial charge is 0.261 e. The fourth-order valence-electron chi connectivity index (χ4n) is 2.67. The van der Waals surface area contributed by atoms with Crippen LogP contribution in [-0.2, 0) is 21.4 Å². The lowest BCUT2D eigenvalue weighted by atomic mass is 10.1. The summed E-state index contributed by atoms with van der Waals surface area (Å²) in [6.45, 7) is 3.95. The lowest BCUT2D eigenvalue weighted by Gasteiger charge is -2.12. The molecule has 2 N–H and O–H groups in total. The van der Waals surface area contributed by atoms with Crippen molar-refractivity contribution in [2.75, 3.05) is 11.3 Å². The Balaban J connectivity index is 1.56. The van der Waals surface area contributed by atoms with Crippen LogP contribution in [0.25, 0.3) is 0 Å². The Labute approximate surface area is 176 Å². The largest absolute Gasteiger partial charge is 0.484 e. The summed E-state index contributed by atoms with van der Waals surface area (Å²) in [5.74, 6) is 0.125. The Kier molecular flexibility index (Phi) is 6.68. The van der Waals surface area contributed by atoms with Gasteiger partial charge >= 0.3 is 0 Å². The van der Waals surface area contributed by atoms with Gasteiger partial charge in [-0.15, -0.1) is 0 Å². The molecule has 1 heterocycles. The van der Waals surface area contributed by atoms with Crippen LogP contribution >= 0.6 is 0 Å². The van der Waals surface area contributed by atoms with Gasteiger partial charge in [0.2, 0.25) is 0 Å². The van der Waals surface area contributed by atoms with E-state index in [0.717, 1.165) is 16.7 Å². The Morgan fingerprint density at radius 1 is 1.00 bits per heavy atom. The minimum atomic E-state index is -3.73. The zero-order valence-corrected chi connectivity index (χ0v) is 17.6. The highest BCUT2D eigenvalue weighted by molar-refractivity contribution is 7.92. The molecule has 8 heteroatoms. The number of hydrogen-bond acceptors (Lipinski definition) is 5. The van der Waals surface area contributed by atoms with Crippen molar-refractivity contribution in [2.24, 2.45) is 0 Å². The third kappa shape index (κ3) is 5.81. The molecule has 1 aromatic heterocycles. The van der Waals surface area contributed by atoms with Crippen molar-refractivity contribution < 1.29 is 17.9 Å². The first-order valence-corrected chi connectivity index (χ1v) is 10.8. The molecule has 0 bridgehead atoms. The van der Waals surface area contributed by atoms with Gasteiger partial charge in [-0.1, -0.05) is 12.1 Å². The van der Waals surface area contributed by atoms with Crippen LogP contribution in [-0.4, -0.2) is 25.9 Å². The molecule has 2 aromatic carbocycles. The van der Waals surface area contributed by atoms with E-state index in [1.807, 2.05) is 38.1 Å². The van der Waals surface area contributed by atoms with Gasteiger partial charge in [0.1, 0.15) is 5.75 Å². The Bertz CT molecular complexity index is 1110. The number of anilines is 1. The molecule has 1 amide bonds. The molecule has 0 saturated carbocycles. The number of hydrogen-bond donors (Lipinski definition) is 2. The van der Waals surface area contributed by atoms with Crippen molar-refractivity contribution in [2.45, 2.75) is 25.3 Å². The van der Waals surface area contributed by atoms with Crippen LogP contribution in [0.2, 0.25) is 0 Å². The molecule has 0 aliphatic rings. The third-order valence-corrected chi connectivity index (χ3v) is 5.76. The van der Waals surface area contributed by atoms with Gasteiger partial charge in [-0.25, -0.2) is 8.42 Å². The second-order valence-electron chi connectivity index (χ2n) is 6.82. The van der Waals surface area contributed by atoms with Crippen LogP contribution in [0.1, 0.15) is 16.7 Å². The van der Waals surface area contributed by atoms with Gasteiger partial charge < -0.3 is 10.1 Å². The van der Waals surface area contributed by atoms with Gasteiger partial charge in [0, 0.05) is 18.9 Å². The predicted octanol–water partition coefficient (Wildman–Crippen LogP) is 3.19. The number of aromatic nitrogens is 1. The molecule has 0 spiro atoms. The molecule has 3 rings (SSSR count). The Hall–Kier alpha value is -3.39. The number of carbonyl (C=O) groups is 1. The van der Waals surface area contributed by atoms with Gasteiger partial charge in [0.05, 0.1) is 10.6 Å². The minimum absolute atomic E-state index is 0.109. The van der Waals surface area contributed by atoms with Gasteiger partial charge in [-0.05, 0) is 73.0 Å². The van der Waals surface area contributed by atoms with Gasteiger partial charge in [-0.3, -0.25) is 14.5 Å². The zero-order valence-electron chi connectivity index (χ0n) is 16.8. The molecule has 0 fully saturated rings. The highest BCUT2D eigenvalue weighted by Gasteiger charge is 2.15. The molecule has 30 heavy (non-hydrogen) atoms. The van der Waals surface area contributed by atoms with E-state index in [-0.39, 0.29) is 17.4 Å². The number of carbonyl (C=O) groups excluding carboxylic acids is 1. The summed E-state index contributed by atoms with van der Waals surface area (Å²) >= 11 is 0. The maximum absolute atomic E-state index is 12.6. The number of aryl methyl sites for hydroxylation is 2. The quantitative estimate of drug-likeness (QED) is 0.578. The van der Waals surface area contributed by atoms with E-state index < -0.39 is 10.0 Å². The number of nitrogens with one attached hydrogen (secondary N) is 2. The standard InChI is InChI=1S/C22H23N3O4S/c1-16-3-4-17(2)21(13-16)25-30(27,28)20-7-5-19(6-8-20)29-15-22(26)24-14-18-9-11-23-12-10-18/h3-13,25H,14-15H2,1-2H3,(H,24,26). The first-order valence-electron chi connectivity index (χ1n) is 9.32. The summed E-state index contributed by atoms with van der Waals surface area (Å²) < 4.78 is 33.3. The Morgan fingerprint density at radius 2 is 1.70 bits per heavy atom. The molecule has 7 nitrogen and oxygen atoms in total. The van der Waals surface area contributed by atoms with Crippen LogP contribution in [0.3, 0.4) is 0 Å². The van der Waals surface area contributed by atoms with Crippen molar-refractivity contribution in [3.05, 3.63) is 83.7 Å². The number of sulfonamides is 1. The molecule has 0 saturated heterocycles. The maximum atomic E-state index is 12.6. The summed E-state index contributed by atoms with van der Waals surface area (Å²) in [4.78, 5) is 15.9. The molecule has 0 aliphatic carbocycles. The second kappa shape index (κ2) is 9.41. The maximum Gasteiger partial charge on any atom is 0.261 e. The van der Waals surface area contributed by atoms with Gasteiger partial charge in [-0.2, -0.15) is 0 Å². The summed E-state index contributed by atoms with van der Waals surface area (Å²) in [7, 11) is -3.73. The first kappa shape index (κ1) is 21.3. The molecule has 0 radical (unpaired) electrons. The van der Waals surface area contributed by atoms with Crippen LogP contribution < -0.4 is 14.8 Å². The summed E-state index contributed by atoms with van der Waals surface area (Å²) in [6, 6.07) is 15.1. The van der Waals surface area contributed by atoms with Gasteiger partial charge in [0.25, 0.3) is 15.9 Å². The van der Waals surface area contributed by atoms with E-state index >= 15 is 0 Å². The molecule has 3 aromatic rings. The average Bonchev–Trinajstić information content (AvgIpc) is 2.74. The van der Waals surface area contributed by atoms with E-state index in [2.05, 4.69) is 15.0 Å². The fraction of sp³-hybridized carbons (Fsp3) is 0.182. The highest BCUT2D eigenvalue weighted by Crippen LogP contribution is 2.22. The number of amides is 1. The molecule has 0 aliphatic heterocycles. The van der Waals surface area contributed by atoms with Gasteiger partial charge in [0.15, 0.2) is 6.61 Å². The molecule has 0 atom stereocenters. The second-order valence-corrected chi connectivity index (χ2v) is 8.50. The van der Waals surface area contributed by atoms with E-state index in [1.165, 1.54) is 24.3 Å². The van der Waals surface area contributed by atoms with Crippen molar-refractivity contribution >= 4 is 21.6 Å². The summed E-state index contributed by atoms with van der Waals surface area (Å²) in [5.41, 5.74) is 3.27. The highest BCUT2D eigenvalue weighted by atomic mass is 32.2. The molecular formula is C22H23N3O4S. The normalized spacial score (nSPS) is 11.0. The summed E-state index contributed by atoms with van der Waals surface area (Å²) in [6.07, 6.45) is 3.31. The average molecular weight is 426 g/mol. The molecule has 0 unspecified atom stereocenters. The topological polar surface area (TPSA) is 97.4 Å². The lowest BCUT2D eigenvalue weighted by molar-refractivity contribution is -0.123. The first-order chi connectivity index (χ1) is 14.3. The van der Waals surface area contributed by atoms with Crippen molar-refractivity contribution in [3.8, 4) is 5.75 Å². The number of ether oxygens (including phenoxy) is 1. The minimum Gasteiger partial charge on any atom is -0.484 e. The van der Waals surface area contributed by atoms with Crippen LogP contribution in [0.15, 0.2) is 71.9 Å². The van der Waals surface area contributed by atoms with E-state index in [1.54, 1.807) is 18.5 Å². The van der Waals surface area contributed by atoms with E-state index in [4.69, 9.17) is 4.74 Å². The lowest BCUT2D eigenvalue weighted by Crippen LogP contribution is -2.28. The van der Waals surface area contributed by atoms with Crippen LogP contribution in [0.5, 0.6) is 5.75 Å². The molecular weight excluding hydrogens is 402 g/mol. The third-order valence-electron chi connectivity index (χ3n) is 4.38.